The van der Waals surface area contributed by atoms with Crippen molar-refractivity contribution in [2.45, 2.75) is 32.2 Å². The number of aliphatic carboxylic acids is 1. The highest BCUT2D eigenvalue weighted by Crippen LogP contribution is 2.27. The number of nitrogens with zero attached hydrogens (tertiary/aromatic N) is 3. The molecule has 0 radical (unpaired) electrons. The van der Waals surface area contributed by atoms with E-state index in [0.717, 1.165) is 43.1 Å². The maximum Gasteiger partial charge on any atom is 0.325 e. The summed E-state index contributed by atoms with van der Waals surface area (Å²) in [6.45, 7) is 12.3. The molecule has 0 aliphatic carbocycles. The van der Waals surface area contributed by atoms with Crippen LogP contribution < -0.4 is 15.5 Å². The number of anilines is 2. The third-order valence-corrected chi connectivity index (χ3v) is 6.89. The van der Waals surface area contributed by atoms with Crippen LogP contribution in [0.5, 0.6) is 0 Å². The molecule has 1 atom stereocenters. The number of benzene rings is 2. The molecule has 2 fully saturated rings. The van der Waals surface area contributed by atoms with Crippen molar-refractivity contribution in [2.24, 2.45) is 0 Å². The van der Waals surface area contributed by atoms with E-state index in [2.05, 4.69) is 36.3 Å². The lowest BCUT2D eigenvalue weighted by Gasteiger charge is -2.37. The summed E-state index contributed by atoms with van der Waals surface area (Å²) < 4.78 is 0. The highest BCUT2D eigenvalue weighted by molar-refractivity contribution is 5.89. The molecule has 0 bridgehead atoms. The molecule has 2 aliphatic rings. The molecule has 0 saturated carbocycles. The van der Waals surface area contributed by atoms with Gasteiger partial charge in [0.2, 0.25) is 0 Å². The summed E-state index contributed by atoms with van der Waals surface area (Å²) in [5, 5.41) is 16.3. The van der Waals surface area contributed by atoms with E-state index in [1.54, 1.807) is 4.90 Å². The van der Waals surface area contributed by atoms with Gasteiger partial charge in [0.1, 0.15) is 6.04 Å². The van der Waals surface area contributed by atoms with Crippen molar-refractivity contribution in [2.75, 3.05) is 62.6 Å². The highest BCUT2D eigenvalue weighted by atomic mass is 16.4. The number of nitrogens with one attached hydrogen (secondary N) is 2. The molecule has 2 amide bonds. The molecule has 2 saturated heterocycles. The molecule has 3 N–H and O–H groups in total. The van der Waals surface area contributed by atoms with Crippen molar-refractivity contribution in [1.29, 1.82) is 0 Å². The van der Waals surface area contributed by atoms with Crippen molar-refractivity contribution >= 4 is 23.4 Å². The number of carboxylic acid groups (broad SMARTS) is 1. The van der Waals surface area contributed by atoms with Gasteiger partial charge in [0.05, 0.1) is 0 Å². The topological polar surface area (TPSA) is 88.1 Å². The van der Waals surface area contributed by atoms with Crippen molar-refractivity contribution in [3.05, 3.63) is 59.7 Å². The van der Waals surface area contributed by atoms with Crippen LogP contribution in [0, 0.1) is 0 Å². The third kappa shape index (κ3) is 6.13. The van der Waals surface area contributed by atoms with Crippen LogP contribution in [0.25, 0.3) is 0 Å². The van der Waals surface area contributed by atoms with Crippen molar-refractivity contribution in [3.8, 4) is 0 Å². The number of hydrogen-bond acceptors (Lipinski definition) is 5. The predicted octanol–water partition coefficient (Wildman–Crippen LogP) is 3.37. The van der Waals surface area contributed by atoms with Gasteiger partial charge >= 0.3 is 12.0 Å². The molecule has 188 valence electrons. The smallest absolute Gasteiger partial charge is 0.325 e. The SMILES string of the molecule is CC(C)(C)c1ccc(C(C(=O)O)N2CCN(C(=O)Nc3ccc(N4CCNCC4)cc3)CC2)cc1. The minimum Gasteiger partial charge on any atom is -0.480 e. The molecule has 8 nitrogen and oxygen atoms in total. The number of carbonyl (C=O) groups is 2. The van der Waals surface area contributed by atoms with Crippen LogP contribution >= 0.6 is 0 Å². The molecule has 2 aromatic carbocycles. The number of carbonyl (C=O) groups excluding carboxylic acids is 1. The highest BCUT2D eigenvalue weighted by Gasteiger charge is 2.32. The second-order valence-electron chi connectivity index (χ2n) is 10.3. The standard InChI is InChI=1S/C27H37N5O3/c1-27(2,3)21-6-4-20(5-7-21)24(25(33)34)31-16-18-32(19-17-31)26(35)29-22-8-10-23(11-9-22)30-14-12-28-13-15-30/h4-11,24,28H,12-19H2,1-3H3,(H,29,35)(H,33,34). The molecule has 8 heteroatoms. The van der Waals surface area contributed by atoms with E-state index < -0.39 is 12.0 Å². The van der Waals surface area contributed by atoms with Gasteiger partial charge in [-0.3, -0.25) is 9.69 Å². The Morgan fingerprint density at radius 3 is 2.03 bits per heavy atom. The summed E-state index contributed by atoms with van der Waals surface area (Å²) >= 11 is 0. The Balaban J connectivity index is 1.33. The normalized spacial score (nSPS) is 18.3. The van der Waals surface area contributed by atoms with Gasteiger partial charge in [-0.2, -0.15) is 0 Å². The molecule has 1 unspecified atom stereocenters. The molecule has 2 heterocycles. The summed E-state index contributed by atoms with van der Waals surface area (Å²) in [5.74, 6) is -0.865. The van der Waals surface area contributed by atoms with Gasteiger partial charge in [0.15, 0.2) is 0 Å². The third-order valence-electron chi connectivity index (χ3n) is 6.89. The summed E-state index contributed by atoms with van der Waals surface area (Å²) in [5.41, 5.74) is 3.88. The van der Waals surface area contributed by atoms with Gasteiger partial charge < -0.3 is 25.5 Å². The Kier molecular flexibility index (Phi) is 7.62. The van der Waals surface area contributed by atoms with E-state index in [-0.39, 0.29) is 11.4 Å². The van der Waals surface area contributed by atoms with E-state index in [0.29, 0.717) is 26.2 Å². The fourth-order valence-corrected chi connectivity index (χ4v) is 4.74. The average molecular weight is 480 g/mol. The zero-order valence-corrected chi connectivity index (χ0v) is 21.0. The maximum absolute atomic E-state index is 12.8. The molecular formula is C27H37N5O3. The van der Waals surface area contributed by atoms with Gasteiger partial charge in [-0.1, -0.05) is 45.0 Å². The Morgan fingerprint density at radius 2 is 1.49 bits per heavy atom. The van der Waals surface area contributed by atoms with Crippen LogP contribution in [0.4, 0.5) is 16.2 Å². The van der Waals surface area contributed by atoms with Gasteiger partial charge in [-0.25, -0.2) is 4.79 Å². The number of rotatable bonds is 5. The Morgan fingerprint density at radius 1 is 0.886 bits per heavy atom. The first-order valence-electron chi connectivity index (χ1n) is 12.4. The molecule has 35 heavy (non-hydrogen) atoms. The summed E-state index contributed by atoms with van der Waals surface area (Å²) in [4.78, 5) is 31.0. The average Bonchev–Trinajstić information content (AvgIpc) is 2.85. The van der Waals surface area contributed by atoms with E-state index in [1.807, 2.05) is 53.4 Å². The minimum atomic E-state index is -0.865. The van der Waals surface area contributed by atoms with Crippen molar-refractivity contribution < 1.29 is 14.7 Å². The van der Waals surface area contributed by atoms with E-state index in [9.17, 15) is 14.7 Å². The van der Waals surface area contributed by atoms with E-state index in [4.69, 9.17) is 0 Å². The first-order chi connectivity index (χ1) is 16.7. The summed E-state index contributed by atoms with van der Waals surface area (Å²) in [6, 6.07) is 15.0. The summed E-state index contributed by atoms with van der Waals surface area (Å²) in [7, 11) is 0. The lowest BCUT2D eigenvalue weighted by Crippen LogP contribution is -2.52. The van der Waals surface area contributed by atoms with Crippen LogP contribution in [-0.4, -0.2) is 79.3 Å². The first kappa shape index (κ1) is 25.0. The Bertz CT molecular complexity index is 1000. The monoisotopic (exact) mass is 479 g/mol. The van der Waals surface area contributed by atoms with E-state index >= 15 is 0 Å². The number of amides is 2. The van der Waals surface area contributed by atoms with E-state index in [1.165, 1.54) is 5.56 Å². The molecule has 2 aromatic rings. The van der Waals surface area contributed by atoms with Gasteiger partial charge in [0.25, 0.3) is 0 Å². The predicted molar refractivity (Wildman–Crippen MR) is 139 cm³/mol. The van der Waals surface area contributed by atoms with Crippen LogP contribution in [0.15, 0.2) is 48.5 Å². The number of carboxylic acids is 1. The largest absolute Gasteiger partial charge is 0.480 e. The zero-order chi connectivity index (χ0) is 25.0. The molecule has 2 aliphatic heterocycles. The van der Waals surface area contributed by atoms with Crippen molar-refractivity contribution in [3.63, 3.8) is 0 Å². The molecule has 4 rings (SSSR count). The molecule has 0 spiro atoms. The van der Waals surface area contributed by atoms with Crippen LogP contribution in [0.1, 0.15) is 37.9 Å². The lowest BCUT2D eigenvalue weighted by molar-refractivity contribution is -0.144. The zero-order valence-electron chi connectivity index (χ0n) is 21.0. The quantitative estimate of drug-likeness (QED) is 0.610. The van der Waals surface area contributed by atoms with Crippen molar-refractivity contribution in [1.82, 2.24) is 15.1 Å². The van der Waals surface area contributed by atoms with Gasteiger partial charge in [-0.15, -0.1) is 0 Å². The van der Waals surface area contributed by atoms with Gasteiger partial charge in [-0.05, 0) is 40.8 Å². The Hall–Kier alpha value is -3.10. The fraction of sp³-hybridized carbons (Fsp3) is 0.481. The second-order valence-corrected chi connectivity index (χ2v) is 10.3. The molecule has 0 aromatic heterocycles. The number of hydrogen-bond donors (Lipinski definition) is 3. The summed E-state index contributed by atoms with van der Waals surface area (Å²) in [6.07, 6.45) is 0. The maximum atomic E-state index is 12.8. The van der Waals surface area contributed by atoms with Crippen LogP contribution in [0.2, 0.25) is 0 Å². The fourth-order valence-electron chi connectivity index (χ4n) is 4.74. The van der Waals surface area contributed by atoms with Gasteiger partial charge in [0, 0.05) is 63.7 Å². The van der Waals surface area contributed by atoms with Crippen LogP contribution in [-0.2, 0) is 10.2 Å². The lowest BCUT2D eigenvalue weighted by atomic mass is 9.86. The minimum absolute atomic E-state index is 0.0155. The Labute approximate surface area is 207 Å². The number of urea groups is 1. The van der Waals surface area contributed by atoms with Crippen LogP contribution in [0.3, 0.4) is 0 Å². The second kappa shape index (κ2) is 10.7. The molecular weight excluding hydrogens is 442 g/mol. The number of piperazine rings is 2. The first-order valence-corrected chi connectivity index (χ1v) is 12.4.